The molecule has 3 fully saturated rings. The Hall–Kier alpha value is -5.20. The van der Waals surface area contributed by atoms with E-state index in [4.69, 9.17) is 23.7 Å². The molecule has 17 nitrogen and oxygen atoms in total. The van der Waals surface area contributed by atoms with Crippen molar-refractivity contribution >= 4 is 35.8 Å². The number of rotatable bonds is 9. The minimum absolute atomic E-state index is 0.0176. The van der Waals surface area contributed by atoms with Gasteiger partial charge in [-0.15, -0.1) is 0 Å². The first-order valence-corrected chi connectivity index (χ1v) is 19.9. The van der Waals surface area contributed by atoms with Gasteiger partial charge in [-0.2, -0.15) is 0 Å². The highest BCUT2D eigenvalue weighted by atomic mass is 16.6. The number of benzene rings is 2. The molecule has 2 aromatic carbocycles. The zero-order valence-corrected chi connectivity index (χ0v) is 35.2. The zero-order chi connectivity index (χ0) is 45.2. The van der Waals surface area contributed by atoms with Crippen molar-refractivity contribution in [2.24, 2.45) is 16.7 Å². The van der Waals surface area contributed by atoms with Gasteiger partial charge in [0, 0.05) is 25.2 Å². The predicted molar refractivity (Wildman–Crippen MR) is 211 cm³/mol. The fourth-order valence-corrected chi connectivity index (χ4v) is 9.76. The second-order valence-corrected chi connectivity index (χ2v) is 18.1. The lowest BCUT2D eigenvalue weighted by Crippen LogP contribution is -2.81. The third-order valence-electron chi connectivity index (χ3n) is 12.9. The van der Waals surface area contributed by atoms with Gasteiger partial charge in [0.1, 0.15) is 35.6 Å². The molecule has 2 aromatic rings. The van der Waals surface area contributed by atoms with E-state index in [0.717, 1.165) is 13.0 Å². The number of fused-ring (bicyclic) bond motifs is 5. The van der Waals surface area contributed by atoms with Crippen LogP contribution in [-0.2, 0) is 38.1 Å². The van der Waals surface area contributed by atoms with E-state index in [9.17, 15) is 54.3 Å². The summed E-state index contributed by atoms with van der Waals surface area (Å²) < 4.78 is 29.4. The van der Waals surface area contributed by atoms with Crippen LogP contribution < -0.4 is 5.32 Å². The van der Waals surface area contributed by atoms with E-state index in [1.54, 1.807) is 39.0 Å². The maximum Gasteiger partial charge on any atom is 0.408 e. The maximum absolute atomic E-state index is 15.0. The number of aromatic carboxylic acids is 1. The number of alkyl carbamates (subject to hydrolysis) is 1. The number of ketones is 1. The highest BCUT2D eigenvalue weighted by Gasteiger charge is 2.78. The highest BCUT2D eigenvalue weighted by molar-refractivity contribution is 5.94. The Labute approximate surface area is 352 Å². The summed E-state index contributed by atoms with van der Waals surface area (Å²) in [5.41, 5.74) is -9.22. The highest BCUT2D eigenvalue weighted by Crippen LogP contribution is 2.64. The number of aliphatic hydroxyl groups excluding tert-OH is 3. The summed E-state index contributed by atoms with van der Waals surface area (Å²) in [6.45, 7) is 11.4. The van der Waals surface area contributed by atoms with Crippen molar-refractivity contribution in [1.29, 1.82) is 0 Å². The third-order valence-corrected chi connectivity index (χ3v) is 12.9. The molecule has 3 aliphatic carbocycles. The summed E-state index contributed by atoms with van der Waals surface area (Å²) in [4.78, 5) is 81.1. The molecule has 1 aliphatic heterocycles. The van der Waals surface area contributed by atoms with Gasteiger partial charge in [0.05, 0.1) is 41.2 Å². The van der Waals surface area contributed by atoms with Gasteiger partial charge in [-0.3, -0.25) is 9.59 Å². The summed E-state index contributed by atoms with van der Waals surface area (Å²) in [6.07, 6.45) is -12.2. The van der Waals surface area contributed by atoms with Crippen molar-refractivity contribution in [3.05, 3.63) is 82.4 Å². The van der Waals surface area contributed by atoms with E-state index in [1.807, 2.05) is 0 Å². The molecule has 17 heteroatoms. The first kappa shape index (κ1) is 45.3. The van der Waals surface area contributed by atoms with Crippen LogP contribution in [0.25, 0.3) is 0 Å². The second-order valence-electron chi connectivity index (χ2n) is 18.1. The normalized spacial score (nSPS) is 32.6. The van der Waals surface area contributed by atoms with Crippen molar-refractivity contribution in [3.63, 3.8) is 0 Å². The van der Waals surface area contributed by atoms with Crippen LogP contribution in [0, 0.1) is 16.7 Å². The lowest BCUT2D eigenvalue weighted by molar-refractivity contribution is -0.346. The number of Topliss-reactive ketones (excluding diaryl/α,β-unsaturated/α-hetero) is 1. The van der Waals surface area contributed by atoms with E-state index >= 15 is 0 Å². The Morgan fingerprint density at radius 3 is 2.16 bits per heavy atom. The molecule has 0 aromatic heterocycles. The summed E-state index contributed by atoms with van der Waals surface area (Å²) in [6, 6.07) is 11.2. The van der Waals surface area contributed by atoms with E-state index < -0.39 is 118 Å². The molecule has 1 heterocycles. The Balaban J connectivity index is 1.49. The Morgan fingerprint density at radius 1 is 0.951 bits per heavy atom. The summed E-state index contributed by atoms with van der Waals surface area (Å²) >= 11 is 0. The van der Waals surface area contributed by atoms with Gasteiger partial charge in [-0.1, -0.05) is 44.2 Å². The smallest absolute Gasteiger partial charge is 0.408 e. The number of hydrogen-bond acceptors (Lipinski definition) is 15. The van der Waals surface area contributed by atoms with E-state index in [-0.39, 0.29) is 40.9 Å². The quantitative estimate of drug-likeness (QED) is 0.120. The molecular formula is C44H53NO16. The lowest BCUT2D eigenvalue weighted by Gasteiger charge is -2.67. The predicted octanol–water partition coefficient (Wildman–Crippen LogP) is 2.96. The van der Waals surface area contributed by atoms with Crippen molar-refractivity contribution in [2.75, 3.05) is 6.61 Å². The van der Waals surface area contributed by atoms with Crippen molar-refractivity contribution in [1.82, 2.24) is 5.32 Å². The van der Waals surface area contributed by atoms with Crippen LogP contribution in [0.2, 0.25) is 0 Å². The Morgan fingerprint density at radius 2 is 1.59 bits per heavy atom. The lowest BCUT2D eigenvalue weighted by atomic mass is 9.44. The summed E-state index contributed by atoms with van der Waals surface area (Å²) in [5, 5.41) is 61.3. The first-order chi connectivity index (χ1) is 28.3. The third kappa shape index (κ3) is 7.71. The summed E-state index contributed by atoms with van der Waals surface area (Å²) in [7, 11) is 0. The molecule has 2 bridgehead atoms. The standard InChI is InChI=1S/C44H53NO16/c1-21-26(58-38(54)32(49)30(45-39(55)61-40(3,4)5)24-15-12-16-25(17-24)36(51)52)19-44(56)35(59-37(53)23-13-10-9-11-14-23)33-42(8,34(50)31(48)29(21)41(44,6)7)27(47)18-28-43(33,20-57-28)60-22(2)46/h9-17,26-28,30-33,35,47-49,56H,18-20H2,1-8H3,(H,45,55)(H,51,52)/t26-,27-,28+,30-,31+,32+,33-,35-,42+,43-,44+/m0/s1. The molecule has 11 atom stereocenters. The van der Waals surface area contributed by atoms with Gasteiger partial charge < -0.3 is 54.5 Å². The van der Waals surface area contributed by atoms with Crippen LogP contribution in [0.15, 0.2) is 65.7 Å². The molecule has 0 radical (unpaired) electrons. The SMILES string of the molecule is CC(=O)O[C@@]12CO[C@@H]1C[C@H](O)[C@@]1(C)C(=O)[C@H](O)C3=C(C)[C@@H](OC(=O)[C@H](O)[C@@H](NC(=O)OC(C)(C)C)c4cccc(C(=O)O)c4)C[C@@](O)([C@@H](OC(=O)c4ccccc4)[C@H]21)C3(C)C. The molecule has 6 N–H and O–H groups in total. The number of aliphatic hydroxyl groups is 4. The van der Waals surface area contributed by atoms with Crippen LogP contribution in [0.1, 0.15) is 101 Å². The summed E-state index contributed by atoms with van der Waals surface area (Å²) in [5.74, 6) is -7.01. The van der Waals surface area contributed by atoms with E-state index in [1.165, 1.54) is 58.0 Å². The largest absolute Gasteiger partial charge is 0.478 e. The zero-order valence-electron chi connectivity index (χ0n) is 35.2. The average Bonchev–Trinajstić information content (AvgIpc) is 3.17. The van der Waals surface area contributed by atoms with Crippen LogP contribution in [-0.4, -0.2) is 121 Å². The molecule has 1 amide bonds. The molecule has 4 aliphatic rings. The number of carboxylic acid groups (broad SMARTS) is 1. The second kappa shape index (κ2) is 15.9. The van der Waals surface area contributed by atoms with Gasteiger partial charge in [0.15, 0.2) is 17.5 Å². The van der Waals surface area contributed by atoms with Gasteiger partial charge in [0.25, 0.3) is 0 Å². The van der Waals surface area contributed by atoms with Crippen molar-refractivity contribution in [3.8, 4) is 0 Å². The topological polar surface area (TPSA) is 262 Å². The molecule has 0 unspecified atom stereocenters. The van der Waals surface area contributed by atoms with E-state index in [2.05, 4.69) is 5.32 Å². The van der Waals surface area contributed by atoms with E-state index in [0.29, 0.717) is 0 Å². The Bertz CT molecular complexity index is 2140. The molecule has 0 spiro atoms. The average molecular weight is 852 g/mol. The molecular weight excluding hydrogens is 798 g/mol. The molecule has 2 saturated carbocycles. The maximum atomic E-state index is 15.0. The van der Waals surface area contributed by atoms with Gasteiger partial charge in [-0.05, 0) is 75.6 Å². The number of carboxylic acids is 1. The van der Waals surface area contributed by atoms with Gasteiger partial charge in [0.2, 0.25) is 0 Å². The number of esters is 3. The van der Waals surface area contributed by atoms with Gasteiger partial charge in [-0.25, -0.2) is 19.2 Å². The fourth-order valence-electron chi connectivity index (χ4n) is 9.76. The van der Waals surface area contributed by atoms with Crippen LogP contribution >= 0.6 is 0 Å². The number of hydrogen-bond donors (Lipinski definition) is 6. The minimum Gasteiger partial charge on any atom is -0.478 e. The van der Waals surface area contributed by atoms with Crippen molar-refractivity contribution in [2.45, 2.75) is 128 Å². The van der Waals surface area contributed by atoms with Crippen LogP contribution in [0.4, 0.5) is 4.79 Å². The molecule has 61 heavy (non-hydrogen) atoms. The first-order valence-electron chi connectivity index (χ1n) is 19.9. The molecule has 1 saturated heterocycles. The minimum atomic E-state index is -2.43. The fraction of sp³-hybridized carbons (Fsp3) is 0.545. The van der Waals surface area contributed by atoms with Crippen LogP contribution in [0.3, 0.4) is 0 Å². The Kier molecular flexibility index (Phi) is 11.8. The molecule has 6 rings (SSSR count). The monoisotopic (exact) mass is 851 g/mol. The van der Waals surface area contributed by atoms with Gasteiger partial charge >= 0.3 is 30.0 Å². The number of carbonyl (C=O) groups excluding carboxylic acids is 5. The number of amides is 1. The number of nitrogens with one attached hydrogen (secondary N) is 1. The van der Waals surface area contributed by atoms with Crippen molar-refractivity contribution < 1.29 is 78.0 Å². The number of carbonyl (C=O) groups is 6. The number of ether oxygens (including phenoxy) is 5. The van der Waals surface area contributed by atoms with Crippen LogP contribution in [0.5, 0.6) is 0 Å². The molecule has 330 valence electrons.